The van der Waals surface area contributed by atoms with Crippen molar-refractivity contribution in [2.45, 2.75) is 54.8 Å². The van der Waals surface area contributed by atoms with Crippen molar-refractivity contribution in [3.63, 3.8) is 0 Å². The number of aryl methyl sites for hydroxylation is 1. The number of β-lactam (4-membered cyclic amide) rings is 1. The first-order valence-electron chi connectivity index (χ1n) is 13.4. The third-order valence-corrected chi connectivity index (χ3v) is 9.55. The van der Waals surface area contributed by atoms with E-state index in [1.807, 2.05) is 0 Å². The van der Waals surface area contributed by atoms with Crippen LogP contribution in [0.4, 0.5) is 4.79 Å². The third-order valence-electron chi connectivity index (χ3n) is 7.11. The number of tetrazole rings is 1. The summed E-state index contributed by atoms with van der Waals surface area (Å²) in [4.78, 5) is 65.2. The molecular weight excluding hydrogens is 654 g/mol. The zero-order valence-electron chi connectivity index (χ0n) is 24.1. The van der Waals surface area contributed by atoms with Crippen LogP contribution >= 0.6 is 35.9 Å². The lowest BCUT2D eigenvalue weighted by Crippen LogP contribution is -2.71. The summed E-state index contributed by atoms with van der Waals surface area (Å²) in [5, 5.41) is 24.5. The Hall–Kier alpha value is -3.71. The average Bonchev–Trinajstić information content (AvgIpc) is 3.57. The minimum Gasteiger partial charge on any atom is -0.457 e. The Balaban J connectivity index is 0.00000461. The number of aliphatic hydroxyl groups is 1. The molecule has 4 unspecified atom stereocenters. The smallest absolute Gasteiger partial charge is 0.457 e. The molecule has 2 aromatic rings. The van der Waals surface area contributed by atoms with Crippen LogP contribution in [-0.2, 0) is 35.6 Å². The summed E-state index contributed by atoms with van der Waals surface area (Å²) in [6, 6.07) is 4.13. The molecule has 0 saturated carbocycles. The average molecular weight is 684 g/mol. The quantitative estimate of drug-likeness (QED) is 0.124. The maximum Gasteiger partial charge on any atom is 0.509 e. The predicted octanol–water partition coefficient (Wildman–Crippen LogP) is 0.109. The summed E-state index contributed by atoms with van der Waals surface area (Å²) in [6.45, 7) is 2.79. The zero-order chi connectivity index (χ0) is 31.7. The number of hydrogen-bond donors (Lipinski definition) is 3. The van der Waals surface area contributed by atoms with Crippen molar-refractivity contribution in [2.24, 2.45) is 12.8 Å². The number of Topliss-reactive ketones (excluding diaryl/α,β-unsaturated/α-hetero) is 1. The van der Waals surface area contributed by atoms with Gasteiger partial charge in [0.1, 0.15) is 29.8 Å². The number of cyclic esters (lactones) is 2. The fourth-order valence-corrected chi connectivity index (χ4v) is 7.06. The number of halogens is 1. The van der Waals surface area contributed by atoms with Gasteiger partial charge in [-0.1, -0.05) is 36.0 Å². The molecule has 4 heterocycles. The van der Waals surface area contributed by atoms with Crippen LogP contribution < -0.4 is 11.1 Å². The Morgan fingerprint density at radius 2 is 2.00 bits per heavy atom. The molecule has 0 spiro atoms. The van der Waals surface area contributed by atoms with E-state index in [2.05, 4.69) is 20.8 Å². The van der Waals surface area contributed by atoms with Crippen LogP contribution in [0.2, 0.25) is 0 Å². The first kappa shape index (κ1) is 34.2. The van der Waals surface area contributed by atoms with E-state index >= 15 is 0 Å². The topological polar surface area (TPSA) is 218 Å². The SMILES string of the molecule is CC1OC(=O)OC1COC(=O)C1=C(CSc2nnnn2C)CS[C@H]2C(NC(=O)C(O)c3ccccc3C(=O)[C@H](C)N)C(=O)N12.Cl. The number of amides is 2. The van der Waals surface area contributed by atoms with Gasteiger partial charge in [0.2, 0.25) is 5.16 Å². The van der Waals surface area contributed by atoms with Gasteiger partial charge in [0.25, 0.3) is 11.8 Å². The van der Waals surface area contributed by atoms with Crippen LogP contribution in [-0.4, -0.2) is 108 Å². The lowest BCUT2D eigenvalue weighted by molar-refractivity contribution is -0.154. The van der Waals surface area contributed by atoms with E-state index in [0.29, 0.717) is 16.5 Å². The van der Waals surface area contributed by atoms with E-state index in [1.165, 1.54) is 52.2 Å². The van der Waals surface area contributed by atoms with Gasteiger partial charge < -0.3 is 30.4 Å². The number of hydrogen-bond acceptors (Lipinski definition) is 15. The number of ether oxygens (including phenoxy) is 3. The van der Waals surface area contributed by atoms with Gasteiger partial charge in [0.05, 0.1) is 6.04 Å². The van der Waals surface area contributed by atoms with E-state index in [1.54, 1.807) is 26.1 Å². The van der Waals surface area contributed by atoms with Gasteiger partial charge in [0.15, 0.2) is 18.0 Å². The molecule has 4 N–H and O–H groups in total. The fraction of sp³-hybridized carbons (Fsp3) is 0.462. The number of carbonyl (C=O) groups excluding carboxylic acids is 5. The van der Waals surface area contributed by atoms with Gasteiger partial charge in [-0.15, -0.1) is 29.3 Å². The maximum atomic E-state index is 13.4. The highest BCUT2D eigenvalue weighted by Gasteiger charge is 2.55. The molecule has 1 aromatic carbocycles. The summed E-state index contributed by atoms with van der Waals surface area (Å²) in [6.07, 6.45) is -4.08. The normalized spacial score (nSPS) is 23.5. The second-order valence-electron chi connectivity index (χ2n) is 10.2. The number of aromatic nitrogens is 4. The van der Waals surface area contributed by atoms with Crippen LogP contribution in [0.25, 0.3) is 0 Å². The van der Waals surface area contributed by atoms with Crippen molar-refractivity contribution in [1.82, 2.24) is 30.4 Å². The van der Waals surface area contributed by atoms with Crippen molar-refractivity contribution in [3.05, 3.63) is 46.7 Å². The minimum absolute atomic E-state index is 0. The molecule has 19 heteroatoms. The molecule has 2 saturated heterocycles. The predicted molar refractivity (Wildman–Crippen MR) is 160 cm³/mol. The molecule has 2 amide bonds. The molecule has 3 aliphatic rings. The van der Waals surface area contributed by atoms with Gasteiger partial charge >= 0.3 is 12.1 Å². The molecule has 0 aliphatic carbocycles. The van der Waals surface area contributed by atoms with Gasteiger partial charge in [-0.3, -0.25) is 19.3 Å². The molecule has 242 valence electrons. The number of rotatable bonds is 11. The van der Waals surface area contributed by atoms with Gasteiger partial charge in [-0.25, -0.2) is 14.3 Å². The van der Waals surface area contributed by atoms with Crippen molar-refractivity contribution in [2.75, 3.05) is 18.1 Å². The summed E-state index contributed by atoms with van der Waals surface area (Å²) in [5.41, 5.74) is 6.44. The lowest BCUT2D eigenvalue weighted by atomic mass is 9.95. The van der Waals surface area contributed by atoms with Gasteiger partial charge in [-0.05, 0) is 29.8 Å². The van der Waals surface area contributed by atoms with Crippen LogP contribution in [0.3, 0.4) is 0 Å². The van der Waals surface area contributed by atoms with Crippen LogP contribution in [0.15, 0.2) is 40.7 Å². The fourth-order valence-electron chi connectivity index (χ4n) is 4.73. The maximum absolute atomic E-state index is 13.4. The molecular formula is C26H30ClN7O9S2. The molecule has 5 rings (SSSR count). The van der Waals surface area contributed by atoms with Crippen LogP contribution in [0, 0.1) is 0 Å². The van der Waals surface area contributed by atoms with Crippen molar-refractivity contribution in [1.29, 1.82) is 0 Å². The molecule has 1 aromatic heterocycles. The Kier molecular flexibility index (Phi) is 10.7. The highest BCUT2D eigenvalue weighted by atomic mass is 35.5. The second kappa shape index (κ2) is 14.2. The number of esters is 1. The molecule has 16 nitrogen and oxygen atoms in total. The largest absolute Gasteiger partial charge is 0.509 e. The Bertz CT molecular complexity index is 1540. The summed E-state index contributed by atoms with van der Waals surface area (Å²) >= 11 is 2.57. The number of nitrogens with two attached hydrogens (primary N) is 1. The standard InChI is InChI=1S/C26H29N7O9S2.ClH/c1-11(27)19(34)14-6-4-5-7-15(14)20(35)21(36)28-17-22(37)33-18(24(38)40-8-16-12(2)41-26(39)42-16)13(9-43-23(17)33)10-44-25-29-30-31-32(25)3;/h4-7,11-12,16-17,20,23,35H,8-10,27H2,1-3H3,(H,28,36);1H/t11-,12?,16?,17?,20?,23-;/m0./s1. The van der Waals surface area contributed by atoms with E-state index in [0.717, 1.165) is 0 Å². The molecule has 45 heavy (non-hydrogen) atoms. The van der Waals surface area contributed by atoms with Crippen LogP contribution in [0.1, 0.15) is 35.9 Å². The lowest BCUT2D eigenvalue weighted by Gasteiger charge is -2.49. The number of fused-ring (bicyclic) bond motifs is 1. The van der Waals surface area contributed by atoms with Gasteiger partial charge in [-0.2, -0.15) is 0 Å². The first-order chi connectivity index (χ1) is 21.0. The molecule has 2 fully saturated rings. The van der Waals surface area contributed by atoms with Gasteiger partial charge in [0, 0.05) is 29.7 Å². The highest BCUT2D eigenvalue weighted by molar-refractivity contribution is 8.01. The summed E-state index contributed by atoms with van der Waals surface area (Å²) in [7, 11) is 1.66. The number of thioether (sulfide) groups is 2. The van der Waals surface area contributed by atoms with E-state index in [9.17, 15) is 29.1 Å². The Morgan fingerprint density at radius 1 is 1.27 bits per heavy atom. The minimum atomic E-state index is -1.75. The Morgan fingerprint density at radius 3 is 2.64 bits per heavy atom. The van der Waals surface area contributed by atoms with Crippen molar-refractivity contribution < 1.29 is 43.3 Å². The molecule has 3 aliphatic heterocycles. The van der Waals surface area contributed by atoms with E-state index < -0.39 is 65.5 Å². The number of ketones is 1. The van der Waals surface area contributed by atoms with Crippen molar-refractivity contribution in [3.8, 4) is 0 Å². The third kappa shape index (κ3) is 6.94. The number of carbonyl (C=O) groups is 5. The van der Waals surface area contributed by atoms with E-state index in [-0.39, 0.29) is 41.6 Å². The molecule has 0 radical (unpaired) electrons. The van der Waals surface area contributed by atoms with Crippen molar-refractivity contribution >= 4 is 65.7 Å². The highest BCUT2D eigenvalue weighted by Crippen LogP contribution is 2.42. The van der Waals surface area contributed by atoms with Crippen LogP contribution in [0.5, 0.6) is 0 Å². The number of nitrogens with one attached hydrogen (secondary N) is 1. The number of benzene rings is 1. The number of nitrogens with zero attached hydrogens (tertiary/aromatic N) is 5. The second-order valence-corrected chi connectivity index (χ2v) is 12.2. The summed E-state index contributed by atoms with van der Waals surface area (Å²) in [5.74, 6) is -2.21. The number of aliphatic hydroxyl groups excluding tert-OH is 1. The van der Waals surface area contributed by atoms with E-state index in [4.69, 9.17) is 19.9 Å². The summed E-state index contributed by atoms with van der Waals surface area (Å²) < 4.78 is 16.9. The first-order valence-corrected chi connectivity index (χ1v) is 15.4. The monoisotopic (exact) mass is 683 g/mol. The zero-order valence-corrected chi connectivity index (χ0v) is 26.6. The molecule has 6 atom stereocenters. The Labute approximate surface area is 271 Å². The molecule has 0 bridgehead atoms.